The largest absolute Gasteiger partial charge is 0.478 e. The molecule has 0 amide bonds. The average Bonchev–Trinajstić information content (AvgIpc) is 2.34. The van der Waals surface area contributed by atoms with Crippen LogP contribution in [0.4, 0.5) is 0 Å². The van der Waals surface area contributed by atoms with E-state index in [0.29, 0.717) is 32.5 Å². The van der Waals surface area contributed by atoms with Crippen LogP contribution < -0.4 is 0 Å². The molecule has 0 aromatic carbocycles. The normalized spacial score (nSPS) is 10.7. The Kier molecular flexibility index (Phi) is 11.1. The van der Waals surface area contributed by atoms with E-state index >= 15 is 0 Å². The number of methoxy groups -OCH3 is 1. The lowest BCUT2D eigenvalue weighted by Gasteiger charge is -2.05. The van der Waals surface area contributed by atoms with E-state index in [2.05, 4.69) is 4.74 Å². The molecule has 0 unspecified atom stereocenters. The van der Waals surface area contributed by atoms with E-state index in [1.165, 1.54) is 0 Å². The highest BCUT2D eigenvalue weighted by Gasteiger charge is 1.98. The smallest absolute Gasteiger partial charge is 0.331 e. The minimum Gasteiger partial charge on any atom is -0.478 e. The third kappa shape index (κ3) is 12.6. The second-order valence-corrected chi connectivity index (χ2v) is 3.06. The summed E-state index contributed by atoms with van der Waals surface area (Å²) in [7, 11) is 1.59. The highest BCUT2D eigenvalue weighted by molar-refractivity contribution is 5.90. The topological polar surface area (TPSA) is 91.3 Å². The number of carbonyl (C=O) groups excluding carboxylic acids is 1. The molecule has 0 aliphatic carbocycles. The van der Waals surface area contributed by atoms with E-state index < -0.39 is 11.9 Å². The second kappa shape index (κ2) is 12.0. The Morgan fingerprint density at radius 3 is 2.06 bits per heavy atom. The van der Waals surface area contributed by atoms with Gasteiger partial charge in [0.1, 0.15) is 6.61 Å². The van der Waals surface area contributed by atoms with Gasteiger partial charge < -0.3 is 24.1 Å². The van der Waals surface area contributed by atoms with Crippen LogP contribution in [0.1, 0.15) is 0 Å². The van der Waals surface area contributed by atoms with Crippen molar-refractivity contribution in [3.05, 3.63) is 12.2 Å². The van der Waals surface area contributed by atoms with E-state index in [9.17, 15) is 9.59 Å². The Hall–Kier alpha value is -1.44. The minimum absolute atomic E-state index is 0.0703. The van der Waals surface area contributed by atoms with Crippen LogP contribution in [-0.4, -0.2) is 63.8 Å². The van der Waals surface area contributed by atoms with E-state index in [1.54, 1.807) is 7.11 Å². The zero-order valence-electron chi connectivity index (χ0n) is 10.3. The number of carbonyl (C=O) groups is 2. The summed E-state index contributed by atoms with van der Waals surface area (Å²) in [5, 5.41) is 8.25. The first-order chi connectivity index (χ1) is 8.66. The van der Waals surface area contributed by atoms with Gasteiger partial charge in [0.15, 0.2) is 0 Å². The molecule has 104 valence electrons. The lowest BCUT2D eigenvalue weighted by atomic mass is 10.5. The molecular formula is C11H18O7. The highest BCUT2D eigenvalue weighted by atomic mass is 16.6. The number of carboxylic acids is 1. The van der Waals surface area contributed by atoms with Crippen molar-refractivity contribution in [3.63, 3.8) is 0 Å². The van der Waals surface area contributed by atoms with E-state index in [0.717, 1.165) is 6.08 Å². The van der Waals surface area contributed by atoms with Crippen LogP contribution >= 0.6 is 0 Å². The van der Waals surface area contributed by atoms with Crippen molar-refractivity contribution in [2.45, 2.75) is 0 Å². The first-order valence-corrected chi connectivity index (χ1v) is 5.39. The monoisotopic (exact) mass is 262 g/mol. The molecule has 0 fully saturated rings. The summed E-state index contributed by atoms with van der Waals surface area (Å²) in [5.41, 5.74) is 0. The molecule has 0 aromatic heterocycles. The number of hydrogen-bond donors (Lipinski definition) is 1. The van der Waals surface area contributed by atoms with Crippen molar-refractivity contribution in [2.75, 3.05) is 46.8 Å². The summed E-state index contributed by atoms with van der Waals surface area (Å²) in [6.07, 6.45) is 1.56. The molecule has 0 spiro atoms. The molecule has 0 saturated heterocycles. The van der Waals surface area contributed by atoms with Crippen molar-refractivity contribution in [3.8, 4) is 0 Å². The molecule has 0 rings (SSSR count). The van der Waals surface area contributed by atoms with Crippen LogP contribution in [0.5, 0.6) is 0 Å². The van der Waals surface area contributed by atoms with Crippen LogP contribution in [0.15, 0.2) is 12.2 Å². The van der Waals surface area contributed by atoms with Gasteiger partial charge in [0.25, 0.3) is 0 Å². The molecule has 0 aliphatic rings. The molecule has 0 atom stereocenters. The lowest BCUT2D eigenvalue weighted by molar-refractivity contribution is -0.140. The Balaban J connectivity index is 3.25. The van der Waals surface area contributed by atoms with Gasteiger partial charge in [-0.2, -0.15) is 0 Å². The maximum Gasteiger partial charge on any atom is 0.331 e. The fourth-order valence-corrected chi connectivity index (χ4v) is 0.853. The van der Waals surface area contributed by atoms with Gasteiger partial charge in [-0.25, -0.2) is 9.59 Å². The van der Waals surface area contributed by atoms with Crippen molar-refractivity contribution in [1.82, 2.24) is 0 Å². The molecule has 0 aromatic rings. The Bertz CT molecular complexity index is 262. The summed E-state index contributed by atoms with van der Waals surface area (Å²) < 4.78 is 19.7. The van der Waals surface area contributed by atoms with Crippen molar-refractivity contribution < 1.29 is 33.6 Å². The third-order valence-electron chi connectivity index (χ3n) is 1.64. The summed E-state index contributed by atoms with van der Waals surface area (Å²) in [5.74, 6) is -1.91. The van der Waals surface area contributed by atoms with Gasteiger partial charge in [-0.1, -0.05) is 0 Å². The molecular weight excluding hydrogens is 244 g/mol. The first kappa shape index (κ1) is 16.6. The Morgan fingerprint density at radius 2 is 1.50 bits per heavy atom. The van der Waals surface area contributed by atoms with Crippen molar-refractivity contribution in [1.29, 1.82) is 0 Å². The van der Waals surface area contributed by atoms with Crippen molar-refractivity contribution in [2.24, 2.45) is 0 Å². The maximum absolute atomic E-state index is 10.9. The summed E-state index contributed by atoms with van der Waals surface area (Å²) in [4.78, 5) is 21.0. The number of rotatable bonds is 11. The predicted octanol–water partition coefficient (Wildman–Crippen LogP) is -0.150. The van der Waals surface area contributed by atoms with Gasteiger partial charge in [-0.05, 0) is 0 Å². The quantitative estimate of drug-likeness (QED) is 0.314. The third-order valence-corrected chi connectivity index (χ3v) is 1.64. The number of carboxylic acid groups (broad SMARTS) is 1. The SMILES string of the molecule is COCCOCCOCCOC(=O)/C=C\C(=O)O. The fraction of sp³-hybridized carbons (Fsp3) is 0.636. The fourth-order valence-electron chi connectivity index (χ4n) is 0.853. The molecule has 7 nitrogen and oxygen atoms in total. The van der Waals surface area contributed by atoms with E-state index in [1.807, 2.05) is 0 Å². The van der Waals surface area contributed by atoms with Gasteiger partial charge in [0.2, 0.25) is 0 Å². The Labute approximate surface area is 105 Å². The first-order valence-electron chi connectivity index (χ1n) is 5.39. The molecule has 0 aliphatic heterocycles. The number of aliphatic carboxylic acids is 1. The van der Waals surface area contributed by atoms with Gasteiger partial charge >= 0.3 is 11.9 Å². The van der Waals surface area contributed by atoms with Gasteiger partial charge in [0.05, 0.1) is 33.0 Å². The zero-order chi connectivity index (χ0) is 13.6. The van der Waals surface area contributed by atoms with Gasteiger partial charge in [-0.3, -0.25) is 0 Å². The summed E-state index contributed by atoms with van der Waals surface area (Å²) in [6.45, 7) is 2.19. The van der Waals surface area contributed by atoms with E-state index in [4.69, 9.17) is 19.3 Å². The van der Waals surface area contributed by atoms with Crippen molar-refractivity contribution >= 4 is 11.9 Å². The molecule has 0 bridgehead atoms. The summed E-state index contributed by atoms with van der Waals surface area (Å²) >= 11 is 0. The van der Waals surface area contributed by atoms with E-state index in [-0.39, 0.29) is 13.2 Å². The Morgan fingerprint density at radius 1 is 0.944 bits per heavy atom. The molecule has 18 heavy (non-hydrogen) atoms. The number of esters is 1. The van der Waals surface area contributed by atoms with Gasteiger partial charge in [-0.15, -0.1) is 0 Å². The predicted molar refractivity (Wildman–Crippen MR) is 61.2 cm³/mol. The van der Waals surface area contributed by atoms with Crippen LogP contribution in [0, 0.1) is 0 Å². The number of hydrogen-bond acceptors (Lipinski definition) is 6. The zero-order valence-corrected chi connectivity index (χ0v) is 10.3. The van der Waals surface area contributed by atoms with Crippen LogP contribution in [0.2, 0.25) is 0 Å². The summed E-state index contributed by atoms with van der Waals surface area (Å²) in [6, 6.07) is 0. The number of ether oxygens (including phenoxy) is 4. The molecule has 0 heterocycles. The highest BCUT2D eigenvalue weighted by Crippen LogP contribution is 1.85. The van der Waals surface area contributed by atoms with Crippen LogP contribution in [0.3, 0.4) is 0 Å². The molecule has 0 saturated carbocycles. The molecule has 0 radical (unpaired) electrons. The molecule has 7 heteroatoms. The maximum atomic E-state index is 10.9. The van der Waals surface area contributed by atoms with Crippen LogP contribution in [-0.2, 0) is 28.5 Å². The lowest BCUT2D eigenvalue weighted by Crippen LogP contribution is -2.13. The molecule has 1 N–H and O–H groups in total. The minimum atomic E-state index is -1.20. The standard InChI is InChI=1S/C11H18O7/c1-15-4-5-16-6-7-17-8-9-18-11(14)3-2-10(12)13/h2-3H,4-9H2,1H3,(H,12,13)/b3-2-. The van der Waals surface area contributed by atoms with Gasteiger partial charge in [0, 0.05) is 19.3 Å². The second-order valence-electron chi connectivity index (χ2n) is 3.06. The average molecular weight is 262 g/mol. The van der Waals surface area contributed by atoms with Crippen LogP contribution in [0.25, 0.3) is 0 Å².